The maximum absolute atomic E-state index is 12.9. The summed E-state index contributed by atoms with van der Waals surface area (Å²) in [4.78, 5) is 23.7. The van der Waals surface area contributed by atoms with Gasteiger partial charge in [-0.05, 0) is 5.56 Å². The fraction of sp³-hybridized carbons (Fsp3) is 0.429. The molecule has 6 nitrogen and oxygen atoms in total. The summed E-state index contributed by atoms with van der Waals surface area (Å²) in [6, 6.07) is 8.90. The zero-order chi connectivity index (χ0) is 15.7. The molecule has 1 saturated carbocycles. The van der Waals surface area contributed by atoms with Crippen LogP contribution in [0.4, 0.5) is 0 Å². The fourth-order valence-corrected chi connectivity index (χ4v) is 5.19. The van der Waals surface area contributed by atoms with E-state index in [1.165, 1.54) is 21.3 Å². The van der Waals surface area contributed by atoms with Crippen LogP contribution in [0.25, 0.3) is 0 Å². The Morgan fingerprint density at radius 2 is 1.76 bits per heavy atom. The number of ether oxygens (including phenoxy) is 1. The summed E-state index contributed by atoms with van der Waals surface area (Å²) in [5.74, 6) is -2.16. The highest BCUT2D eigenvalue weighted by Gasteiger charge is 2.81. The number of carbonyl (C=O) groups excluding carboxylic acids is 2. The average molecular weight is 312 g/mol. The first kappa shape index (κ1) is 15.9. The monoisotopic (exact) mass is 312 g/mol. The summed E-state index contributed by atoms with van der Waals surface area (Å²) in [5.41, 5.74) is 0.717. The van der Waals surface area contributed by atoms with Crippen LogP contribution < -0.4 is 0 Å². The molecule has 0 unspecified atom stereocenters. The lowest BCUT2D eigenvalue weighted by atomic mass is 10.1. The molecular formula is C14H17O6P. The van der Waals surface area contributed by atoms with Crippen molar-refractivity contribution in [1.82, 2.24) is 0 Å². The number of aldehydes is 1. The summed E-state index contributed by atoms with van der Waals surface area (Å²) >= 11 is 0. The van der Waals surface area contributed by atoms with E-state index in [0.29, 0.717) is 11.8 Å². The van der Waals surface area contributed by atoms with E-state index in [-0.39, 0.29) is 0 Å². The Kier molecular flexibility index (Phi) is 4.33. The highest BCUT2D eigenvalue weighted by Crippen LogP contribution is 2.79. The molecule has 0 saturated heterocycles. The van der Waals surface area contributed by atoms with Crippen LogP contribution in [0, 0.1) is 5.92 Å². The molecule has 0 radical (unpaired) electrons. The normalized spacial score (nSPS) is 28.0. The SMILES string of the molecule is COC(=O)[C@]1(P(=O)(OC)OC)[C@H](C=O)[C@H]1c1ccccc1. The lowest BCUT2D eigenvalue weighted by Gasteiger charge is -2.23. The first-order chi connectivity index (χ1) is 10.0. The third-order valence-corrected chi connectivity index (χ3v) is 6.61. The van der Waals surface area contributed by atoms with Gasteiger partial charge in [0.2, 0.25) is 0 Å². The van der Waals surface area contributed by atoms with Crippen LogP contribution >= 0.6 is 7.60 Å². The molecule has 1 aromatic carbocycles. The fourth-order valence-electron chi connectivity index (χ4n) is 2.97. The highest BCUT2D eigenvalue weighted by atomic mass is 31.2. The standard InChI is InChI=1S/C14H17O6P/c1-18-13(16)14(21(17,19-2)20-3)11(9-15)12(14)10-7-5-4-6-8-10/h4-9,11-12H,1-3H3/t11-,12-,14+/m1/s1. The molecule has 0 aliphatic heterocycles. The zero-order valence-corrected chi connectivity index (χ0v) is 12.9. The maximum atomic E-state index is 12.9. The summed E-state index contributed by atoms with van der Waals surface area (Å²) < 4.78 is 27.7. The minimum Gasteiger partial charge on any atom is -0.468 e. The third-order valence-electron chi connectivity index (χ3n) is 3.98. The van der Waals surface area contributed by atoms with Crippen LogP contribution in [0.1, 0.15) is 11.5 Å². The summed E-state index contributed by atoms with van der Waals surface area (Å²) in [5, 5.41) is -1.62. The van der Waals surface area contributed by atoms with Crippen molar-refractivity contribution in [3.8, 4) is 0 Å². The smallest absolute Gasteiger partial charge is 0.348 e. The average Bonchev–Trinajstić information content (AvgIpc) is 3.24. The number of hydrogen-bond acceptors (Lipinski definition) is 6. The molecule has 0 spiro atoms. The molecule has 114 valence electrons. The lowest BCUT2D eigenvalue weighted by molar-refractivity contribution is -0.142. The van der Waals surface area contributed by atoms with Gasteiger partial charge in [-0.2, -0.15) is 0 Å². The second kappa shape index (κ2) is 5.72. The van der Waals surface area contributed by atoms with E-state index in [1.807, 2.05) is 6.07 Å². The molecule has 7 heteroatoms. The van der Waals surface area contributed by atoms with Crippen molar-refractivity contribution in [2.45, 2.75) is 11.1 Å². The molecule has 0 amide bonds. The maximum Gasteiger partial charge on any atom is 0.348 e. The lowest BCUT2D eigenvalue weighted by Crippen LogP contribution is -2.30. The van der Waals surface area contributed by atoms with E-state index in [4.69, 9.17) is 13.8 Å². The van der Waals surface area contributed by atoms with Gasteiger partial charge in [0, 0.05) is 20.1 Å². The Morgan fingerprint density at radius 1 is 1.19 bits per heavy atom. The molecular weight excluding hydrogens is 295 g/mol. The van der Waals surface area contributed by atoms with Crippen LogP contribution in [0.2, 0.25) is 0 Å². The van der Waals surface area contributed by atoms with Crippen LogP contribution in [-0.2, 0) is 27.9 Å². The van der Waals surface area contributed by atoms with Gasteiger partial charge in [0.05, 0.1) is 13.0 Å². The molecule has 2 rings (SSSR count). The topological polar surface area (TPSA) is 78.9 Å². The summed E-state index contributed by atoms with van der Waals surface area (Å²) in [6.45, 7) is 0. The van der Waals surface area contributed by atoms with Gasteiger partial charge >= 0.3 is 13.6 Å². The highest BCUT2D eigenvalue weighted by molar-refractivity contribution is 7.57. The van der Waals surface area contributed by atoms with Crippen molar-refractivity contribution < 1.29 is 27.9 Å². The molecule has 3 atom stereocenters. The number of methoxy groups -OCH3 is 1. The Balaban J connectivity index is 2.59. The molecule has 0 heterocycles. The molecule has 0 N–H and O–H groups in total. The Bertz CT molecular complexity index is 578. The van der Waals surface area contributed by atoms with Gasteiger partial charge in [0.25, 0.3) is 0 Å². The Morgan fingerprint density at radius 3 is 2.19 bits per heavy atom. The first-order valence-electron chi connectivity index (χ1n) is 6.33. The van der Waals surface area contributed by atoms with Crippen molar-refractivity contribution in [1.29, 1.82) is 0 Å². The molecule has 21 heavy (non-hydrogen) atoms. The number of hydrogen-bond donors (Lipinski definition) is 0. The van der Waals surface area contributed by atoms with Crippen molar-refractivity contribution >= 4 is 19.9 Å². The molecule has 1 aromatic rings. The number of benzene rings is 1. The van der Waals surface area contributed by atoms with Crippen LogP contribution in [-0.4, -0.2) is 38.7 Å². The van der Waals surface area contributed by atoms with Crippen molar-refractivity contribution in [3.05, 3.63) is 35.9 Å². The van der Waals surface area contributed by atoms with Crippen molar-refractivity contribution in [2.75, 3.05) is 21.3 Å². The number of esters is 1. The van der Waals surface area contributed by atoms with Gasteiger partial charge in [-0.15, -0.1) is 0 Å². The predicted molar refractivity (Wildman–Crippen MR) is 75.1 cm³/mol. The van der Waals surface area contributed by atoms with Crippen molar-refractivity contribution in [3.63, 3.8) is 0 Å². The van der Waals surface area contributed by atoms with E-state index < -0.39 is 30.6 Å². The molecule has 1 fully saturated rings. The third kappa shape index (κ3) is 2.06. The largest absolute Gasteiger partial charge is 0.468 e. The van der Waals surface area contributed by atoms with Gasteiger partial charge in [-0.25, -0.2) is 0 Å². The van der Waals surface area contributed by atoms with Gasteiger partial charge in [-0.1, -0.05) is 30.3 Å². The van der Waals surface area contributed by atoms with E-state index in [0.717, 1.165) is 0 Å². The van der Waals surface area contributed by atoms with Crippen molar-refractivity contribution in [2.24, 2.45) is 5.92 Å². The van der Waals surface area contributed by atoms with Gasteiger partial charge < -0.3 is 18.6 Å². The molecule has 1 aliphatic carbocycles. The second-order valence-corrected chi connectivity index (χ2v) is 7.20. The second-order valence-electron chi connectivity index (χ2n) is 4.73. The molecule has 0 bridgehead atoms. The van der Waals surface area contributed by atoms with E-state index in [9.17, 15) is 14.2 Å². The quantitative estimate of drug-likeness (QED) is 0.454. The summed E-state index contributed by atoms with van der Waals surface area (Å²) in [6.07, 6.45) is 0.610. The van der Waals surface area contributed by atoms with Gasteiger partial charge in [0.1, 0.15) is 6.29 Å². The van der Waals surface area contributed by atoms with E-state index in [1.54, 1.807) is 24.3 Å². The Hall–Kier alpha value is -1.49. The van der Waals surface area contributed by atoms with Crippen LogP contribution in [0.15, 0.2) is 30.3 Å². The number of rotatable bonds is 6. The minimum atomic E-state index is -3.85. The molecule has 0 aromatic heterocycles. The Labute approximate surface area is 122 Å². The first-order valence-corrected chi connectivity index (χ1v) is 7.88. The van der Waals surface area contributed by atoms with Crippen LogP contribution in [0.3, 0.4) is 0 Å². The van der Waals surface area contributed by atoms with E-state index >= 15 is 0 Å². The predicted octanol–water partition coefficient (Wildman–Crippen LogP) is 2.00. The van der Waals surface area contributed by atoms with Gasteiger partial charge in [0.15, 0.2) is 5.16 Å². The van der Waals surface area contributed by atoms with Gasteiger partial charge in [-0.3, -0.25) is 9.36 Å². The zero-order valence-electron chi connectivity index (χ0n) is 12.0. The molecule has 1 aliphatic rings. The number of carbonyl (C=O) groups is 2. The minimum absolute atomic E-state index is 0.589. The van der Waals surface area contributed by atoms with E-state index in [2.05, 4.69) is 0 Å². The summed E-state index contributed by atoms with van der Waals surface area (Å²) in [7, 11) is -0.280. The van der Waals surface area contributed by atoms with Crippen LogP contribution in [0.5, 0.6) is 0 Å².